The highest BCUT2D eigenvalue weighted by Crippen LogP contribution is 2.37. The molecule has 1 aromatic heterocycles. The second-order valence-electron chi connectivity index (χ2n) is 12.3. The van der Waals surface area contributed by atoms with Crippen LogP contribution in [0.15, 0.2) is 55.1 Å². The van der Waals surface area contributed by atoms with Crippen molar-refractivity contribution in [2.24, 2.45) is 0 Å². The minimum atomic E-state index is -2.63. The van der Waals surface area contributed by atoms with Crippen molar-refractivity contribution in [3.05, 3.63) is 66.4 Å². The molecule has 0 amide bonds. The van der Waals surface area contributed by atoms with Crippen molar-refractivity contribution in [1.82, 2.24) is 20.3 Å². The molecule has 2 aliphatic rings. The summed E-state index contributed by atoms with van der Waals surface area (Å²) in [6.07, 6.45) is -7.10. The lowest BCUT2D eigenvalue weighted by Crippen LogP contribution is -2.68. The number of aliphatic carboxylic acids is 1. The Labute approximate surface area is 283 Å². The van der Waals surface area contributed by atoms with Gasteiger partial charge < -0.3 is 60.0 Å². The van der Waals surface area contributed by atoms with Gasteiger partial charge in [0, 0.05) is 25.1 Å². The van der Waals surface area contributed by atoms with Gasteiger partial charge in [-0.3, -0.25) is 0 Å². The minimum Gasteiger partial charge on any atom is -0.477 e. The van der Waals surface area contributed by atoms with E-state index in [1.54, 1.807) is 44.2 Å². The van der Waals surface area contributed by atoms with Gasteiger partial charge in [-0.05, 0) is 18.6 Å². The summed E-state index contributed by atoms with van der Waals surface area (Å²) in [6.45, 7) is 8.36. The molecule has 11 unspecified atom stereocenters. The number of carbonyl (C=O) groups is 1. The maximum Gasteiger partial charge on any atom is 0.364 e. The standard InChI is InChI=1S/C33H46N4O12/c1-6-7-8-9-14-20-23(19-13-11-10-12-18(19)4)35-36-37(20)30(43)28(42)29-24(34-17(2)3)21(38)15-33(49-29,32(44)45)47-16-22-25(39)26(40)27(41)31(46-5)48-22/h6-14,17,21-22,24-31,34,38-43H,1,15-16H2,2-5H3,(H,44,45)/b8-7-,14-9+. The van der Waals surface area contributed by atoms with Crippen molar-refractivity contribution in [2.45, 2.75) is 100 Å². The second-order valence-corrected chi connectivity index (χ2v) is 12.3. The first-order valence-electron chi connectivity index (χ1n) is 15.8. The first-order chi connectivity index (χ1) is 23.3. The van der Waals surface area contributed by atoms with Crippen LogP contribution < -0.4 is 5.32 Å². The third-order valence-corrected chi connectivity index (χ3v) is 8.44. The number of nitrogens with one attached hydrogen (secondary N) is 1. The summed E-state index contributed by atoms with van der Waals surface area (Å²) < 4.78 is 23.2. The van der Waals surface area contributed by atoms with Crippen LogP contribution >= 0.6 is 0 Å². The van der Waals surface area contributed by atoms with E-state index >= 15 is 0 Å². The zero-order valence-electron chi connectivity index (χ0n) is 27.7. The number of methoxy groups -OCH3 is 1. The molecule has 0 radical (unpaired) electrons. The average Bonchev–Trinajstić information content (AvgIpc) is 3.49. The Morgan fingerprint density at radius 2 is 1.86 bits per heavy atom. The Balaban J connectivity index is 1.70. The number of benzene rings is 1. The Hall–Kier alpha value is -3.39. The molecule has 2 aliphatic heterocycles. The van der Waals surface area contributed by atoms with E-state index in [-0.39, 0.29) is 6.04 Å². The Morgan fingerprint density at radius 1 is 1.14 bits per heavy atom. The molecule has 49 heavy (non-hydrogen) atoms. The number of hydrogen-bond acceptors (Lipinski definition) is 14. The molecule has 2 saturated heterocycles. The summed E-state index contributed by atoms with van der Waals surface area (Å²) in [5.41, 5.74) is 2.28. The quantitative estimate of drug-likeness (QED) is 0.118. The van der Waals surface area contributed by atoms with Crippen LogP contribution in [0.25, 0.3) is 17.3 Å². The zero-order valence-corrected chi connectivity index (χ0v) is 27.7. The molecule has 2 fully saturated rings. The lowest BCUT2D eigenvalue weighted by molar-refractivity contribution is -0.338. The number of aromatic nitrogens is 3. The summed E-state index contributed by atoms with van der Waals surface area (Å²) in [7, 11) is 1.20. The highest BCUT2D eigenvalue weighted by atomic mass is 16.7. The first kappa shape index (κ1) is 38.4. The van der Waals surface area contributed by atoms with Gasteiger partial charge >= 0.3 is 5.97 Å². The van der Waals surface area contributed by atoms with Gasteiger partial charge in [-0.15, -0.1) is 5.10 Å². The van der Waals surface area contributed by atoms with E-state index in [4.69, 9.17) is 18.9 Å². The van der Waals surface area contributed by atoms with Crippen molar-refractivity contribution in [3.8, 4) is 11.3 Å². The number of aryl methyl sites for hydroxylation is 1. The molecule has 1 aromatic carbocycles. The largest absolute Gasteiger partial charge is 0.477 e. The molecule has 11 atom stereocenters. The predicted octanol–water partition coefficient (Wildman–Crippen LogP) is -0.371. The number of rotatable bonds is 14. The predicted molar refractivity (Wildman–Crippen MR) is 173 cm³/mol. The highest BCUT2D eigenvalue weighted by molar-refractivity contribution is 5.76. The molecule has 0 spiro atoms. The van der Waals surface area contributed by atoms with E-state index in [2.05, 4.69) is 22.2 Å². The van der Waals surface area contributed by atoms with Crippen molar-refractivity contribution in [3.63, 3.8) is 0 Å². The Morgan fingerprint density at radius 3 is 2.49 bits per heavy atom. The molecule has 16 nitrogen and oxygen atoms in total. The SMILES string of the molecule is C=C/C=C\C=C\c1c(-c2ccccc2C)nnn1C(O)C(O)C1OC(OCC2OC(OC)C(O)C(O)C2O)(C(=O)O)CC(O)C1NC(C)C. The number of allylic oxidation sites excluding steroid dienone is 4. The summed E-state index contributed by atoms with van der Waals surface area (Å²) in [5.74, 6) is -4.31. The van der Waals surface area contributed by atoms with Crippen LogP contribution in [-0.2, 0) is 23.7 Å². The minimum absolute atomic E-state index is 0.285. The van der Waals surface area contributed by atoms with Crippen LogP contribution in [-0.4, -0.2) is 137 Å². The molecule has 16 heteroatoms. The van der Waals surface area contributed by atoms with Crippen LogP contribution in [0, 0.1) is 6.92 Å². The van der Waals surface area contributed by atoms with E-state index in [0.29, 0.717) is 17.0 Å². The zero-order chi connectivity index (χ0) is 36.0. The fourth-order valence-electron chi connectivity index (χ4n) is 5.88. The number of ether oxygens (including phenoxy) is 4. The smallest absolute Gasteiger partial charge is 0.364 e. The topological polar surface area (TPSA) is 238 Å². The Kier molecular flexibility index (Phi) is 13.0. The summed E-state index contributed by atoms with van der Waals surface area (Å²) in [4.78, 5) is 12.8. The van der Waals surface area contributed by atoms with Crippen LogP contribution in [0.1, 0.15) is 37.8 Å². The molecular weight excluding hydrogens is 644 g/mol. The molecule has 4 rings (SSSR count). The summed E-state index contributed by atoms with van der Waals surface area (Å²) >= 11 is 0. The van der Waals surface area contributed by atoms with Crippen LogP contribution in [0.3, 0.4) is 0 Å². The maximum absolute atomic E-state index is 12.8. The molecule has 0 bridgehead atoms. The molecule has 0 aliphatic carbocycles. The third-order valence-electron chi connectivity index (χ3n) is 8.44. The monoisotopic (exact) mass is 690 g/mol. The summed E-state index contributed by atoms with van der Waals surface area (Å²) in [5, 5.41) is 87.4. The molecule has 2 aromatic rings. The van der Waals surface area contributed by atoms with Crippen LogP contribution in [0.5, 0.6) is 0 Å². The van der Waals surface area contributed by atoms with Crippen molar-refractivity contribution in [2.75, 3.05) is 13.7 Å². The maximum atomic E-state index is 12.8. The lowest BCUT2D eigenvalue weighted by atomic mass is 9.89. The number of aliphatic hydroxyl groups excluding tert-OH is 6. The molecule has 8 N–H and O–H groups in total. The average molecular weight is 691 g/mol. The van der Waals surface area contributed by atoms with Crippen molar-refractivity contribution in [1.29, 1.82) is 0 Å². The summed E-state index contributed by atoms with van der Waals surface area (Å²) in [6, 6.07) is 5.99. The number of hydrogen-bond donors (Lipinski definition) is 8. The van der Waals surface area contributed by atoms with E-state index in [0.717, 1.165) is 10.2 Å². The van der Waals surface area contributed by atoms with E-state index < -0.39 is 86.1 Å². The third kappa shape index (κ3) is 8.33. The van der Waals surface area contributed by atoms with Gasteiger partial charge in [0.25, 0.3) is 5.79 Å². The highest BCUT2D eigenvalue weighted by Gasteiger charge is 2.57. The van der Waals surface area contributed by atoms with Gasteiger partial charge in [-0.1, -0.05) is 74.2 Å². The van der Waals surface area contributed by atoms with E-state index in [9.17, 15) is 40.5 Å². The van der Waals surface area contributed by atoms with Gasteiger partial charge in [0.2, 0.25) is 0 Å². The van der Waals surface area contributed by atoms with E-state index in [1.807, 2.05) is 31.2 Å². The van der Waals surface area contributed by atoms with Gasteiger partial charge in [0.05, 0.1) is 24.4 Å². The molecule has 270 valence electrons. The van der Waals surface area contributed by atoms with Gasteiger partial charge in [-0.25, -0.2) is 9.48 Å². The fraction of sp³-hybridized carbons (Fsp3) is 0.545. The second kappa shape index (κ2) is 16.5. The fourth-order valence-corrected chi connectivity index (χ4v) is 5.88. The number of carboxylic acid groups (broad SMARTS) is 1. The van der Waals surface area contributed by atoms with Gasteiger partial charge in [-0.2, -0.15) is 0 Å². The Bertz CT molecular complexity index is 1480. The van der Waals surface area contributed by atoms with Gasteiger partial charge in [0.15, 0.2) is 12.5 Å². The van der Waals surface area contributed by atoms with Crippen molar-refractivity contribution >= 4 is 12.0 Å². The number of nitrogens with zero attached hydrogens (tertiary/aromatic N) is 3. The normalized spacial score (nSPS) is 32.1. The molecular formula is C33H46N4O12. The van der Waals surface area contributed by atoms with Crippen LogP contribution in [0.2, 0.25) is 0 Å². The number of aliphatic hydroxyl groups is 6. The van der Waals surface area contributed by atoms with Crippen LogP contribution in [0.4, 0.5) is 0 Å². The van der Waals surface area contributed by atoms with E-state index in [1.165, 1.54) is 7.11 Å². The first-order valence-corrected chi connectivity index (χ1v) is 15.8. The number of carboxylic acids is 1. The van der Waals surface area contributed by atoms with Gasteiger partial charge in [0.1, 0.15) is 42.3 Å². The lowest BCUT2D eigenvalue weighted by Gasteiger charge is -2.48. The molecule has 0 saturated carbocycles. The van der Waals surface area contributed by atoms with Crippen molar-refractivity contribution < 1.29 is 59.5 Å². The molecule has 3 heterocycles.